The fourth-order valence-electron chi connectivity index (χ4n) is 1.73. The molecule has 2 rings (SSSR count). The van der Waals surface area contributed by atoms with Crippen molar-refractivity contribution in [2.45, 2.75) is 26.3 Å². The fraction of sp³-hybridized carbons (Fsp3) is 0.250. The fourth-order valence-corrected chi connectivity index (χ4v) is 1.96. The molecule has 0 aliphatic rings. The van der Waals surface area contributed by atoms with E-state index in [1.165, 1.54) is 6.20 Å². The first kappa shape index (κ1) is 16.1. The molecule has 6 heteroatoms. The van der Waals surface area contributed by atoms with Crippen LogP contribution in [0.25, 0.3) is 0 Å². The van der Waals surface area contributed by atoms with Crippen molar-refractivity contribution in [2.24, 2.45) is 0 Å². The van der Waals surface area contributed by atoms with Gasteiger partial charge in [-0.25, -0.2) is 0 Å². The molecule has 0 atom stereocenters. The highest BCUT2D eigenvalue weighted by Crippen LogP contribution is 2.30. The lowest BCUT2D eigenvalue weighted by molar-refractivity contribution is 0.0914. The molecule has 0 bridgehead atoms. The molecule has 0 unspecified atom stereocenters. The summed E-state index contributed by atoms with van der Waals surface area (Å²) in [4.78, 5) is 16.2. The van der Waals surface area contributed by atoms with Gasteiger partial charge >= 0.3 is 0 Å². The molecule has 22 heavy (non-hydrogen) atoms. The molecule has 116 valence electrons. The number of benzene rings is 1. The van der Waals surface area contributed by atoms with Gasteiger partial charge in [0, 0.05) is 23.5 Å². The monoisotopic (exact) mass is 319 g/mol. The molecule has 1 amide bonds. The number of nitrogens with one attached hydrogen (secondary N) is 1. The number of carbonyl (C=O) groups is 1. The van der Waals surface area contributed by atoms with Gasteiger partial charge in [0.15, 0.2) is 0 Å². The maximum Gasteiger partial charge on any atom is 0.270 e. The van der Waals surface area contributed by atoms with Gasteiger partial charge in [-0.2, -0.15) is 0 Å². The predicted octanol–water partition coefficient (Wildman–Crippen LogP) is 3.64. The Kier molecular flexibility index (Phi) is 4.56. The minimum absolute atomic E-state index is 0.263. The number of hydrogen-bond donors (Lipinski definition) is 2. The first-order chi connectivity index (χ1) is 10.2. The molecule has 5 nitrogen and oxygen atoms in total. The van der Waals surface area contributed by atoms with E-state index in [1.807, 2.05) is 20.8 Å². The molecule has 3 N–H and O–H groups in total. The molecule has 1 aromatic heterocycles. The van der Waals surface area contributed by atoms with E-state index in [0.717, 1.165) is 0 Å². The van der Waals surface area contributed by atoms with E-state index in [-0.39, 0.29) is 17.1 Å². The summed E-state index contributed by atoms with van der Waals surface area (Å²) in [5, 5.41) is 3.25. The van der Waals surface area contributed by atoms with Crippen LogP contribution in [0.15, 0.2) is 36.5 Å². The Morgan fingerprint density at radius 1 is 1.27 bits per heavy atom. The summed E-state index contributed by atoms with van der Waals surface area (Å²) in [6.45, 7) is 5.71. The molecular formula is C16H18ClN3O2. The van der Waals surface area contributed by atoms with Crippen molar-refractivity contribution in [1.29, 1.82) is 0 Å². The van der Waals surface area contributed by atoms with E-state index in [9.17, 15) is 4.79 Å². The number of rotatable bonds is 3. The first-order valence-electron chi connectivity index (χ1n) is 6.76. The van der Waals surface area contributed by atoms with Gasteiger partial charge in [0.25, 0.3) is 5.91 Å². The molecule has 1 heterocycles. The summed E-state index contributed by atoms with van der Waals surface area (Å²) < 4.78 is 5.68. The van der Waals surface area contributed by atoms with Crippen LogP contribution in [0.5, 0.6) is 11.5 Å². The zero-order valence-corrected chi connectivity index (χ0v) is 13.4. The summed E-state index contributed by atoms with van der Waals surface area (Å²) in [5.41, 5.74) is 6.13. The van der Waals surface area contributed by atoms with Crippen LogP contribution in [0.2, 0.25) is 5.02 Å². The Balaban J connectivity index is 2.20. The normalized spacial score (nSPS) is 11.1. The maximum absolute atomic E-state index is 12.1. The Labute approximate surface area is 134 Å². The van der Waals surface area contributed by atoms with Gasteiger partial charge in [-0.3, -0.25) is 9.78 Å². The van der Waals surface area contributed by atoms with Crippen LogP contribution in [0.3, 0.4) is 0 Å². The highest BCUT2D eigenvalue weighted by molar-refractivity contribution is 6.32. The SMILES string of the molecule is CC(C)(C)NC(=O)c1cc(Oc2ccc(N)cc2Cl)ccn1. The van der Waals surface area contributed by atoms with Gasteiger partial charge in [0.05, 0.1) is 5.02 Å². The van der Waals surface area contributed by atoms with Crippen LogP contribution >= 0.6 is 11.6 Å². The number of carbonyl (C=O) groups excluding carboxylic acids is 1. The molecular weight excluding hydrogens is 302 g/mol. The summed E-state index contributed by atoms with van der Waals surface area (Å²) >= 11 is 6.07. The first-order valence-corrected chi connectivity index (χ1v) is 7.14. The van der Waals surface area contributed by atoms with Crippen molar-refractivity contribution in [2.75, 3.05) is 5.73 Å². The third kappa shape index (κ3) is 4.36. The second-order valence-electron chi connectivity index (χ2n) is 5.87. The van der Waals surface area contributed by atoms with Gasteiger partial charge in [-0.05, 0) is 45.0 Å². The third-order valence-electron chi connectivity index (χ3n) is 2.64. The largest absolute Gasteiger partial charge is 0.456 e. The number of nitrogens with two attached hydrogens (primary N) is 1. The number of amides is 1. The van der Waals surface area contributed by atoms with Crippen LogP contribution in [-0.2, 0) is 0 Å². The number of hydrogen-bond acceptors (Lipinski definition) is 4. The van der Waals surface area contributed by atoms with Gasteiger partial charge < -0.3 is 15.8 Å². The van der Waals surface area contributed by atoms with Gasteiger partial charge in [-0.1, -0.05) is 11.6 Å². The average Bonchev–Trinajstić information content (AvgIpc) is 2.40. The zero-order chi connectivity index (χ0) is 16.3. The van der Waals surface area contributed by atoms with Gasteiger partial charge in [0.2, 0.25) is 0 Å². The van der Waals surface area contributed by atoms with Crippen molar-refractivity contribution in [3.63, 3.8) is 0 Å². The second-order valence-corrected chi connectivity index (χ2v) is 6.28. The predicted molar refractivity (Wildman–Crippen MR) is 87.4 cm³/mol. The average molecular weight is 320 g/mol. The van der Waals surface area contributed by atoms with Crippen LogP contribution in [0, 0.1) is 0 Å². The summed E-state index contributed by atoms with van der Waals surface area (Å²) in [5.74, 6) is 0.673. The molecule has 1 aromatic carbocycles. The molecule has 0 saturated heterocycles. The van der Waals surface area contributed by atoms with Crippen LogP contribution in [0.4, 0.5) is 5.69 Å². The second kappa shape index (κ2) is 6.23. The van der Waals surface area contributed by atoms with Gasteiger partial charge in [0.1, 0.15) is 17.2 Å². The standard InChI is InChI=1S/C16H18ClN3O2/c1-16(2,3)20-15(21)13-9-11(6-7-19-13)22-14-5-4-10(18)8-12(14)17/h4-9H,18H2,1-3H3,(H,20,21). The Morgan fingerprint density at radius 2 is 2.00 bits per heavy atom. The summed E-state index contributed by atoms with van der Waals surface area (Å²) in [6, 6.07) is 8.18. The lowest BCUT2D eigenvalue weighted by Gasteiger charge is -2.20. The van der Waals surface area contributed by atoms with Crippen LogP contribution < -0.4 is 15.8 Å². The minimum Gasteiger partial charge on any atom is -0.456 e. The minimum atomic E-state index is -0.337. The van der Waals surface area contributed by atoms with Crippen molar-refractivity contribution in [3.05, 3.63) is 47.2 Å². The lowest BCUT2D eigenvalue weighted by atomic mass is 10.1. The Hall–Kier alpha value is -2.27. The number of pyridine rings is 1. The van der Waals surface area contributed by atoms with Crippen molar-refractivity contribution in [1.82, 2.24) is 10.3 Å². The highest BCUT2D eigenvalue weighted by Gasteiger charge is 2.17. The highest BCUT2D eigenvalue weighted by atomic mass is 35.5. The number of aromatic nitrogens is 1. The quantitative estimate of drug-likeness (QED) is 0.847. The van der Waals surface area contributed by atoms with Crippen molar-refractivity contribution < 1.29 is 9.53 Å². The van der Waals surface area contributed by atoms with Crippen molar-refractivity contribution in [3.8, 4) is 11.5 Å². The smallest absolute Gasteiger partial charge is 0.270 e. The van der Waals surface area contributed by atoms with E-state index in [4.69, 9.17) is 22.1 Å². The number of halogens is 1. The third-order valence-corrected chi connectivity index (χ3v) is 2.93. The maximum atomic E-state index is 12.1. The molecule has 0 aliphatic heterocycles. The van der Waals surface area contributed by atoms with E-state index in [0.29, 0.717) is 22.2 Å². The number of ether oxygens (including phenoxy) is 1. The van der Waals surface area contributed by atoms with E-state index in [1.54, 1.807) is 30.3 Å². The van der Waals surface area contributed by atoms with E-state index >= 15 is 0 Å². The Morgan fingerprint density at radius 3 is 2.64 bits per heavy atom. The number of nitrogen functional groups attached to an aromatic ring is 1. The molecule has 0 spiro atoms. The molecule has 0 saturated carbocycles. The van der Waals surface area contributed by atoms with E-state index in [2.05, 4.69) is 10.3 Å². The van der Waals surface area contributed by atoms with Crippen LogP contribution in [-0.4, -0.2) is 16.4 Å². The summed E-state index contributed by atoms with van der Waals surface area (Å²) in [7, 11) is 0. The molecule has 0 fully saturated rings. The molecule has 0 aliphatic carbocycles. The Bertz CT molecular complexity index is 696. The van der Waals surface area contributed by atoms with Crippen LogP contribution in [0.1, 0.15) is 31.3 Å². The molecule has 2 aromatic rings. The lowest BCUT2D eigenvalue weighted by Crippen LogP contribution is -2.40. The zero-order valence-electron chi connectivity index (χ0n) is 12.7. The number of nitrogens with zero attached hydrogens (tertiary/aromatic N) is 1. The van der Waals surface area contributed by atoms with E-state index < -0.39 is 0 Å². The number of anilines is 1. The van der Waals surface area contributed by atoms with Crippen molar-refractivity contribution >= 4 is 23.2 Å². The summed E-state index contributed by atoms with van der Waals surface area (Å²) in [6.07, 6.45) is 1.51. The topological polar surface area (TPSA) is 77.2 Å². The molecule has 0 radical (unpaired) electrons. The van der Waals surface area contributed by atoms with Gasteiger partial charge in [-0.15, -0.1) is 0 Å².